The highest BCUT2D eigenvalue weighted by Crippen LogP contribution is 2.53. The number of hydrogen-bond acceptors (Lipinski definition) is 0. The molecule has 17 heavy (non-hydrogen) atoms. The summed E-state index contributed by atoms with van der Waals surface area (Å²) in [4.78, 5) is 0. The van der Waals surface area contributed by atoms with Gasteiger partial charge in [0.05, 0.1) is 0 Å². The summed E-state index contributed by atoms with van der Waals surface area (Å²) < 4.78 is 0. The third-order valence-electron chi connectivity index (χ3n) is 5.56. The maximum atomic E-state index is 2.47. The molecule has 2 fully saturated rings. The van der Waals surface area contributed by atoms with E-state index in [0.717, 1.165) is 29.6 Å². The Bertz CT molecular complexity index is 245. The fraction of sp³-hybridized carbons (Fsp3) is 1.00. The third-order valence-corrected chi connectivity index (χ3v) is 5.56. The smallest absolute Gasteiger partial charge is 0.0311 e. The van der Waals surface area contributed by atoms with Gasteiger partial charge in [0.25, 0.3) is 0 Å². The molecule has 2 rings (SSSR count). The summed E-state index contributed by atoms with van der Waals surface area (Å²) in [7, 11) is 0. The van der Waals surface area contributed by atoms with Gasteiger partial charge in [-0.3, -0.25) is 0 Å². The molecule has 0 bridgehead atoms. The van der Waals surface area contributed by atoms with Crippen molar-refractivity contribution in [1.29, 1.82) is 0 Å². The second-order valence-corrected chi connectivity index (χ2v) is 8.09. The zero-order valence-electron chi connectivity index (χ0n) is 12.6. The first kappa shape index (κ1) is 13.4. The van der Waals surface area contributed by atoms with Gasteiger partial charge in [0.1, 0.15) is 0 Å². The lowest BCUT2D eigenvalue weighted by Gasteiger charge is -2.46. The van der Waals surface area contributed by atoms with Gasteiger partial charge in [-0.2, -0.15) is 0 Å². The number of fused-ring (bicyclic) bond motifs is 1. The van der Waals surface area contributed by atoms with E-state index in [0.29, 0.717) is 5.41 Å². The fourth-order valence-electron chi connectivity index (χ4n) is 5.40. The largest absolute Gasteiger partial charge is 0.0625 e. The molecule has 0 heterocycles. The van der Waals surface area contributed by atoms with Crippen LogP contribution in [0.2, 0.25) is 0 Å². The molecule has 0 aromatic heterocycles. The summed E-state index contributed by atoms with van der Waals surface area (Å²) in [6.07, 6.45) is 9.15. The van der Waals surface area contributed by atoms with Crippen molar-refractivity contribution in [2.24, 2.45) is 35.0 Å². The van der Waals surface area contributed by atoms with E-state index in [9.17, 15) is 0 Å². The molecular weight excluding hydrogens is 204 g/mol. The van der Waals surface area contributed by atoms with E-state index in [1.54, 1.807) is 0 Å². The Morgan fingerprint density at radius 3 is 2.00 bits per heavy atom. The molecule has 4 atom stereocenters. The van der Waals surface area contributed by atoms with Crippen LogP contribution in [0.25, 0.3) is 0 Å². The minimum atomic E-state index is 0.489. The van der Waals surface area contributed by atoms with Crippen LogP contribution in [0.5, 0.6) is 0 Å². The molecule has 0 aliphatic heterocycles. The summed E-state index contributed by atoms with van der Waals surface area (Å²) in [6.45, 7) is 12.3. The van der Waals surface area contributed by atoms with Crippen LogP contribution in [-0.4, -0.2) is 0 Å². The quantitative estimate of drug-likeness (QED) is 0.592. The summed E-state index contributed by atoms with van der Waals surface area (Å²) >= 11 is 0. The van der Waals surface area contributed by atoms with Gasteiger partial charge in [-0.15, -0.1) is 0 Å². The minimum absolute atomic E-state index is 0.489. The molecular formula is C17H32. The zero-order chi connectivity index (χ0) is 12.6. The van der Waals surface area contributed by atoms with Crippen LogP contribution < -0.4 is 0 Å². The highest BCUT2D eigenvalue weighted by Gasteiger charge is 2.44. The molecule has 2 saturated carbocycles. The molecule has 0 N–H and O–H groups in total. The van der Waals surface area contributed by atoms with Gasteiger partial charge in [0, 0.05) is 0 Å². The molecule has 0 aromatic rings. The Morgan fingerprint density at radius 1 is 0.882 bits per heavy atom. The molecule has 100 valence electrons. The molecule has 2 aliphatic carbocycles. The number of hydrogen-bond donors (Lipinski definition) is 0. The molecule has 0 nitrogen and oxygen atoms in total. The lowest BCUT2D eigenvalue weighted by atomic mass is 9.59. The molecule has 0 spiro atoms. The van der Waals surface area contributed by atoms with Crippen molar-refractivity contribution in [3.8, 4) is 0 Å². The van der Waals surface area contributed by atoms with Crippen LogP contribution in [0, 0.1) is 35.0 Å². The SMILES string of the molecule is CC(C)C(C1CCCC2CCCC21)C(C)(C)C. The normalized spacial score (nSPS) is 36.0. The zero-order valence-corrected chi connectivity index (χ0v) is 12.6. The predicted octanol–water partition coefficient (Wildman–Crippen LogP) is 5.52. The van der Waals surface area contributed by atoms with Crippen molar-refractivity contribution in [3.63, 3.8) is 0 Å². The average molecular weight is 236 g/mol. The van der Waals surface area contributed by atoms with Crippen molar-refractivity contribution in [3.05, 3.63) is 0 Å². The van der Waals surface area contributed by atoms with Crippen molar-refractivity contribution in [1.82, 2.24) is 0 Å². The predicted molar refractivity (Wildman–Crippen MR) is 76.0 cm³/mol. The van der Waals surface area contributed by atoms with E-state index < -0.39 is 0 Å². The molecule has 0 aromatic carbocycles. The summed E-state index contributed by atoms with van der Waals surface area (Å²) in [5.74, 6) is 4.97. The Labute approximate surface area is 109 Å². The molecule has 4 unspecified atom stereocenters. The highest BCUT2D eigenvalue weighted by molar-refractivity contribution is 4.93. The van der Waals surface area contributed by atoms with E-state index in [-0.39, 0.29) is 0 Å². The maximum absolute atomic E-state index is 2.47. The van der Waals surface area contributed by atoms with Crippen molar-refractivity contribution >= 4 is 0 Å². The topological polar surface area (TPSA) is 0 Å². The van der Waals surface area contributed by atoms with Gasteiger partial charge >= 0.3 is 0 Å². The summed E-state index contributed by atoms with van der Waals surface area (Å²) in [6, 6.07) is 0. The first-order valence-corrected chi connectivity index (χ1v) is 7.91. The van der Waals surface area contributed by atoms with E-state index in [2.05, 4.69) is 34.6 Å². The minimum Gasteiger partial charge on any atom is -0.0625 e. The lowest BCUT2D eigenvalue weighted by molar-refractivity contribution is 0.0257. The highest BCUT2D eigenvalue weighted by atomic mass is 14.5. The van der Waals surface area contributed by atoms with Gasteiger partial charge in [-0.25, -0.2) is 0 Å². The Balaban J connectivity index is 2.17. The monoisotopic (exact) mass is 236 g/mol. The molecule has 0 heteroatoms. The van der Waals surface area contributed by atoms with Crippen LogP contribution in [0.1, 0.15) is 73.1 Å². The fourth-order valence-corrected chi connectivity index (χ4v) is 5.40. The molecule has 2 aliphatic rings. The lowest BCUT2D eigenvalue weighted by Crippen LogP contribution is -2.39. The second-order valence-electron chi connectivity index (χ2n) is 8.09. The van der Waals surface area contributed by atoms with E-state index in [1.807, 2.05) is 0 Å². The van der Waals surface area contributed by atoms with Gasteiger partial charge in [0.2, 0.25) is 0 Å². The van der Waals surface area contributed by atoms with Gasteiger partial charge in [-0.05, 0) is 47.8 Å². The first-order chi connectivity index (χ1) is 7.91. The maximum Gasteiger partial charge on any atom is -0.0311 e. The van der Waals surface area contributed by atoms with Gasteiger partial charge in [-0.1, -0.05) is 60.3 Å². The average Bonchev–Trinajstić information content (AvgIpc) is 2.63. The van der Waals surface area contributed by atoms with E-state index >= 15 is 0 Å². The van der Waals surface area contributed by atoms with Crippen LogP contribution in [-0.2, 0) is 0 Å². The summed E-state index contributed by atoms with van der Waals surface area (Å²) in [5.41, 5.74) is 0.489. The van der Waals surface area contributed by atoms with Crippen LogP contribution >= 0.6 is 0 Å². The van der Waals surface area contributed by atoms with Crippen LogP contribution in [0.4, 0.5) is 0 Å². The van der Waals surface area contributed by atoms with Gasteiger partial charge < -0.3 is 0 Å². The van der Waals surface area contributed by atoms with Gasteiger partial charge in [0.15, 0.2) is 0 Å². The Hall–Kier alpha value is 0. The summed E-state index contributed by atoms with van der Waals surface area (Å²) in [5, 5.41) is 0. The number of rotatable bonds is 2. The van der Waals surface area contributed by atoms with Crippen molar-refractivity contribution in [2.45, 2.75) is 73.1 Å². The van der Waals surface area contributed by atoms with Crippen LogP contribution in [0.15, 0.2) is 0 Å². The van der Waals surface area contributed by atoms with Crippen molar-refractivity contribution < 1.29 is 0 Å². The van der Waals surface area contributed by atoms with E-state index in [4.69, 9.17) is 0 Å². The van der Waals surface area contributed by atoms with E-state index in [1.165, 1.54) is 38.5 Å². The van der Waals surface area contributed by atoms with Crippen molar-refractivity contribution in [2.75, 3.05) is 0 Å². The third kappa shape index (κ3) is 2.71. The molecule has 0 saturated heterocycles. The molecule has 0 amide bonds. The Kier molecular flexibility index (Phi) is 3.90. The molecule has 0 radical (unpaired) electrons. The Morgan fingerprint density at radius 2 is 1.47 bits per heavy atom. The standard InChI is InChI=1S/C17H32/c1-12(2)16(17(3,4)5)15-11-7-9-13-8-6-10-14(13)15/h12-16H,6-11H2,1-5H3. The second kappa shape index (κ2) is 4.94. The van der Waals surface area contributed by atoms with Crippen LogP contribution in [0.3, 0.4) is 0 Å². The first-order valence-electron chi connectivity index (χ1n) is 7.91.